The topological polar surface area (TPSA) is 45.5 Å². The molecule has 5 nitrogen and oxygen atoms in total. The molecule has 1 atom stereocenters. The first-order chi connectivity index (χ1) is 11.5. The Morgan fingerprint density at radius 2 is 2.12 bits per heavy atom. The summed E-state index contributed by atoms with van der Waals surface area (Å²) in [5.74, 6) is 3.08. The Morgan fingerprint density at radius 3 is 2.83 bits per heavy atom. The summed E-state index contributed by atoms with van der Waals surface area (Å²) in [4.78, 5) is 4.64. The van der Waals surface area contributed by atoms with Crippen LogP contribution in [0, 0.1) is 0 Å². The molecule has 0 saturated carbocycles. The molecule has 1 aromatic carbocycles. The molecule has 1 aromatic heterocycles. The number of hydrogen-bond donors (Lipinski definition) is 0. The lowest BCUT2D eigenvalue weighted by Gasteiger charge is -2.35. The van der Waals surface area contributed by atoms with E-state index < -0.39 is 0 Å². The summed E-state index contributed by atoms with van der Waals surface area (Å²) in [5, 5.41) is 0. The van der Waals surface area contributed by atoms with Gasteiger partial charge in [0.2, 0.25) is 0 Å². The summed E-state index contributed by atoms with van der Waals surface area (Å²) in [5.41, 5.74) is 0.996. The lowest BCUT2D eigenvalue weighted by atomic mass is 9.88. The largest absolute Gasteiger partial charge is 0.493 e. The Kier molecular flexibility index (Phi) is 4.81. The number of methoxy groups -OCH3 is 2. The first-order valence-corrected chi connectivity index (χ1v) is 8.39. The fraction of sp³-hybridized carbons (Fsp3) is 0.526. The van der Waals surface area contributed by atoms with Crippen molar-refractivity contribution in [3.63, 3.8) is 0 Å². The minimum atomic E-state index is -0.0899. The highest BCUT2D eigenvalue weighted by Gasteiger charge is 2.32. The second-order valence-electron chi connectivity index (χ2n) is 6.86. The van der Waals surface area contributed by atoms with Crippen LogP contribution in [0.5, 0.6) is 11.5 Å². The zero-order valence-electron chi connectivity index (χ0n) is 14.9. The molecule has 130 valence electrons. The van der Waals surface area contributed by atoms with Crippen molar-refractivity contribution in [1.82, 2.24) is 9.55 Å². The average Bonchev–Trinajstić information content (AvgIpc) is 3.01. The molecule has 3 rings (SSSR count). The Bertz CT molecular complexity index is 694. The summed E-state index contributed by atoms with van der Waals surface area (Å²) in [7, 11) is 3.34. The van der Waals surface area contributed by atoms with Crippen molar-refractivity contribution in [3.8, 4) is 11.5 Å². The Labute approximate surface area is 143 Å². The number of aromatic nitrogens is 2. The summed E-state index contributed by atoms with van der Waals surface area (Å²) in [6, 6.07) is 5.97. The lowest BCUT2D eigenvalue weighted by Crippen LogP contribution is -2.34. The average molecular weight is 330 g/mol. The molecule has 1 fully saturated rings. The maximum atomic E-state index is 5.84. The van der Waals surface area contributed by atoms with Gasteiger partial charge in [-0.3, -0.25) is 0 Å². The van der Waals surface area contributed by atoms with Crippen molar-refractivity contribution in [1.29, 1.82) is 0 Å². The van der Waals surface area contributed by atoms with Crippen molar-refractivity contribution in [2.24, 2.45) is 0 Å². The van der Waals surface area contributed by atoms with E-state index >= 15 is 0 Å². The predicted octanol–water partition coefficient (Wildman–Crippen LogP) is 3.62. The molecule has 0 bridgehead atoms. The molecule has 2 aromatic rings. The SMILES string of the molecule is COc1cccc(Cn2ccnc2[C@@H]2CCOC(C)(C)C2)c1OC. The molecule has 24 heavy (non-hydrogen) atoms. The number of imidazole rings is 1. The zero-order chi connectivity index (χ0) is 17.2. The molecule has 1 saturated heterocycles. The van der Waals surface area contributed by atoms with Gasteiger partial charge in [0.25, 0.3) is 0 Å². The minimum absolute atomic E-state index is 0.0899. The van der Waals surface area contributed by atoms with Gasteiger partial charge in [0.1, 0.15) is 5.82 Å². The van der Waals surface area contributed by atoms with Gasteiger partial charge in [-0.15, -0.1) is 0 Å². The van der Waals surface area contributed by atoms with Gasteiger partial charge in [0, 0.05) is 30.5 Å². The van der Waals surface area contributed by atoms with Crippen LogP contribution in [0.4, 0.5) is 0 Å². The third-order valence-corrected chi connectivity index (χ3v) is 4.64. The molecule has 1 aliphatic heterocycles. The molecular weight excluding hydrogens is 304 g/mol. The van der Waals surface area contributed by atoms with E-state index in [9.17, 15) is 0 Å². The van der Waals surface area contributed by atoms with E-state index in [0.29, 0.717) is 12.5 Å². The number of benzene rings is 1. The van der Waals surface area contributed by atoms with Crippen LogP contribution in [0.15, 0.2) is 30.6 Å². The van der Waals surface area contributed by atoms with Crippen LogP contribution in [0.2, 0.25) is 0 Å². The van der Waals surface area contributed by atoms with E-state index in [0.717, 1.165) is 42.3 Å². The highest BCUT2D eigenvalue weighted by Crippen LogP contribution is 2.36. The fourth-order valence-electron chi connectivity index (χ4n) is 3.53. The Hall–Kier alpha value is -2.01. The highest BCUT2D eigenvalue weighted by molar-refractivity contribution is 5.46. The molecule has 2 heterocycles. The van der Waals surface area contributed by atoms with Gasteiger partial charge in [-0.05, 0) is 32.8 Å². The quantitative estimate of drug-likeness (QED) is 0.840. The van der Waals surface area contributed by atoms with Crippen LogP contribution >= 0.6 is 0 Å². The van der Waals surface area contributed by atoms with Gasteiger partial charge in [-0.1, -0.05) is 12.1 Å². The molecular formula is C19H26N2O3. The fourth-order valence-corrected chi connectivity index (χ4v) is 3.53. The van der Waals surface area contributed by atoms with E-state index in [1.165, 1.54) is 0 Å². The second-order valence-corrected chi connectivity index (χ2v) is 6.86. The number of ether oxygens (including phenoxy) is 3. The lowest BCUT2D eigenvalue weighted by molar-refractivity contribution is -0.0606. The Morgan fingerprint density at radius 1 is 1.29 bits per heavy atom. The molecule has 0 unspecified atom stereocenters. The van der Waals surface area contributed by atoms with Crippen molar-refractivity contribution in [2.75, 3.05) is 20.8 Å². The van der Waals surface area contributed by atoms with E-state index in [1.807, 2.05) is 24.5 Å². The summed E-state index contributed by atoms with van der Waals surface area (Å²) in [6.07, 6.45) is 5.91. The molecule has 0 spiro atoms. The molecule has 0 aliphatic carbocycles. The second kappa shape index (κ2) is 6.85. The number of rotatable bonds is 5. The summed E-state index contributed by atoms with van der Waals surface area (Å²) >= 11 is 0. The maximum absolute atomic E-state index is 5.84. The van der Waals surface area contributed by atoms with Crippen LogP contribution < -0.4 is 9.47 Å². The monoisotopic (exact) mass is 330 g/mol. The number of hydrogen-bond acceptors (Lipinski definition) is 4. The summed E-state index contributed by atoms with van der Waals surface area (Å²) in [6.45, 7) is 5.80. The van der Waals surface area contributed by atoms with E-state index in [4.69, 9.17) is 14.2 Å². The standard InChI is InChI=1S/C19H26N2O3/c1-19(2)12-14(8-11-24-19)18-20-9-10-21(18)13-15-6-5-7-16(22-3)17(15)23-4/h5-7,9-10,14H,8,11-13H2,1-4H3/t14-/m1/s1. The molecule has 0 radical (unpaired) electrons. The van der Waals surface area contributed by atoms with Crippen LogP contribution in [0.25, 0.3) is 0 Å². The third kappa shape index (κ3) is 3.41. The van der Waals surface area contributed by atoms with Crippen LogP contribution in [0.1, 0.15) is 44.0 Å². The van der Waals surface area contributed by atoms with E-state index in [-0.39, 0.29) is 5.60 Å². The molecule has 0 N–H and O–H groups in total. The predicted molar refractivity (Wildman–Crippen MR) is 92.9 cm³/mol. The molecule has 1 aliphatic rings. The van der Waals surface area contributed by atoms with Gasteiger partial charge in [-0.25, -0.2) is 4.98 Å². The van der Waals surface area contributed by atoms with Gasteiger partial charge < -0.3 is 18.8 Å². The molecule has 5 heteroatoms. The normalized spacial score (nSPS) is 19.9. The first-order valence-electron chi connectivity index (χ1n) is 8.39. The highest BCUT2D eigenvalue weighted by atomic mass is 16.5. The minimum Gasteiger partial charge on any atom is -0.493 e. The smallest absolute Gasteiger partial charge is 0.165 e. The molecule has 0 amide bonds. The van der Waals surface area contributed by atoms with Gasteiger partial charge in [0.15, 0.2) is 11.5 Å². The van der Waals surface area contributed by atoms with Crippen LogP contribution in [0.3, 0.4) is 0 Å². The van der Waals surface area contributed by atoms with E-state index in [2.05, 4.69) is 29.5 Å². The zero-order valence-corrected chi connectivity index (χ0v) is 14.9. The van der Waals surface area contributed by atoms with Crippen molar-refractivity contribution in [3.05, 3.63) is 42.0 Å². The summed E-state index contributed by atoms with van der Waals surface area (Å²) < 4.78 is 19.0. The Balaban J connectivity index is 1.87. The first kappa shape index (κ1) is 16.8. The van der Waals surface area contributed by atoms with Gasteiger partial charge in [-0.2, -0.15) is 0 Å². The van der Waals surface area contributed by atoms with Crippen LogP contribution in [-0.2, 0) is 11.3 Å². The van der Waals surface area contributed by atoms with E-state index in [1.54, 1.807) is 14.2 Å². The van der Waals surface area contributed by atoms with Gasteiger partial charge in [0.05, 0.1) is 26.4 Å². The van der Waals surface area contributed by atoms with Crippen molar-refractivity contribution < 1.29 is 14.2 Å². The number of para-hydroxylation sites is 1. The number of nitrogens with zero attached hydrogens (tertiary/aromatic N) is 2. The van der Waals surface area contributed by atoms with Crippen molar-refractivity contribution in [2.45, 2.75) is 44.8 Å². The van der Waals surface area contributed by atoms with Crippen LogP contribution in [-0.4, -0.2) is 36.0 Å². The maximum Gasteiger partial charge on any atom is 0.165 e. The van der Waals surface area contributed by atoms with Crippen molar-refractivity contribution >= 4 is 0 Å². The third-order valence-electron chi connectivity index (χ3n) is 4.64. The van der Waals surface area contributed by atoms with Gasteiger partial charge >= 0.3 is 0 Å².